The standard InChI is InChI=1S/C31H48O5/c1-6-7-27(33)35-21-11-12-29(4)20(14-21)8-9-22-23(29)16-26(32)30(5)24(22)15-25-28(30)19(3)31(36-25)13-10-18(2)17-34-31/h18-25,28H,6-17H2,1-5H3/t18-,19-,20-,21-,22+,23-,24-,25+,28-,29-,30+,31+/m0/s1. The molecule has 2 heterocycles. The summed E-state index contributed by atoms with van der Waals surface area (Å²) in [6.07, 6.45) is 10.9. The average Bonchev–Trinajstić information content (AvgIpc) is 3.28. The molecule has 2 saturated heterocycles. The summed E-state index contributed by atoms with van der Waals surface area (Å²) >= 11 is 0. The van der Waals surface area contributed by atoms with Crippen LogP contribution in [0, 0.1) is 52.3 Å². The molecule has 0 amide bonds. The van der Waals surface area contributed by atoms with Gasteiger partial charge in [0, 0.05) is 36.5 Å². The quantitative estimate of drug-likeness (QED) is 0.424. The number of carbonyl (C=O) groups excluding carboxylic acids is 2. The van der Waals surface area contributed by atoms with Crippen molar-refractivity contribution >= 4 is 11.8 Å². The Morgan fingerprint density at radius 2 is 1.86 bits per heavy atom. The van der Waals surface area contributed by atoms with Crippen molar-refractivity contribution in [3.8, 4) is 0 Å². The Kier molecular flexibility index (Phi) is 6.19. The lowest BCUT2D eigenvalue weighted by molar-refractivity contribution is -0.272. The van der Waals surface area contributed by atoms with E-state index in [1.165, 1.54) is 12.8 Å². The van der Waals surface area contributed by atoms with Crippen molar-refractivity contribution in [3.05, 3.63) is 0 Å². The predicted molar refractivity (Wildman–Crippen MR) is 137 cm³/mol. The van der Waals surface area contributed by atoms with Crippen LogP contribution in [0.1, 0.15) is 105 Å². The normalized spacial score (nSPS) is 53.9. The molecule has 0 radical (unpaired) electrons. The molecule has 2 aliphatic heterocycles. The van der Waals surface area contributed by atoms with Crippen LogP contribution in [0.2, 0.25) is 0 Å². The lowest BCUT2D eigenvalue weighted by atomic mass is 9.44. The van der Waals surface area contributed by atoms with Crippen LogP contribution in [0.5, 0.6) is 0 Å². The van der Waals surface area contributed by atoms with Crippen LogP contribution in [0.25, 0.3) is 0 Å². The number of ketones is 1. The maximum atomic E-state index is 14.2. The molecule has 0 aromatic heterocycles. The van der Waals surface area contributed by atoms with Gasteiger partial charge in [0.15, 0.2) is 5.79 Å². The van der Waals surface area contributed by atoms with Crippen molar-refractivity contribution in [2.75, 3.05) is 6.61 Å². The summed E-state index contributed by atoms with van der Waals surface area (Å²) in [5.41, 5.74) is -0.0984. The monoisotopic (exact) mass is 500 g/mol. The molecule has 0 bridgehead atoms. The number of ether oxygens (including phenoxy) is 3. The van der Waals surface area contributed by atoms with E-state index in [4.69, 9.17) is 14.2 Å². The number of carbonyl (C=O) groups is 2. The second-order valence-corrected chi connectivity index (χ2v) is 14.2. The largest absolute Gasteiger partial charge is 0.462 e. The first kappa shape index (κ1) is 25.3. The lowest BCUT2D eigenvalue weighted by Gasteiger charge is -2.60. The Balaban J connectivity index is 1.21. The lowest BCUT2D eigenvalue weighted by Crippen LogP contribution is -2.58. The molecule has 5 nitrogen and oxygen atoms in total. The van der Waals surface area contributed by atoms with Gasteiger partial charge in [0.2, 0.25) is 0 Å². The van der Waals surface area contributed by atoms with E-state index in [1.54, 1.807) is 0 Å². The zero-order valence-electron chi connectivity index (χ0n) is 23.2. The van der Waals surface area contributed by atoms with Gasteiger partial charge in [0.1, 0.15) is 11.9 Å². The third-order valence-electron chi connectivity index (χ3n) is 12.5. The summed E-state index contributed by atoms with van der Waals surface area (Å²) in [6, 6.07) is 0. The second-order valence-electron chi connectivity index (χ2n) is 14.2. The van der Waals surface area contributed by atoms with Crippen LogP contribution in [0.15, 0.2) is 0 Å². The van der Waals surface area contributed by atoms with Gasteiger partial charge in [-0.15, -0.1) is 0 Å². The fourth-order valence-electron chi connectivity index (χ4n) is 10.5. The number of hydrogen-bond acceptors (Lipinski definition) is 5. The minimum atomic E-state index is -0.468. The van der Waals surface area contributed by atoms with E-state index < -0.39 is 5.79 Å². The Bertz CT molecular complexity index is 891. The van der Waals surface area contributed by atoms with E-state index in [1.807, 2.05) is 6.92 Å². The van der Waals surface area contributed by atoms with Gasteiger partial charge in [0.25, 0.3) is 0 Å². The molecule has 36 heavy (non-hydrogen) atoms. The zero-order valence-corrected chi connectivity index (χ0v) is 23.2. The van der Waals surface area contributed by atoms with Crippen molar-refractivity contribution in [2.45, 2.75) is 123 Å². The van der Waals surface area contributed by atoms with E-state index >= 15 is 0 Å². The van der Waals surface area contributed by atoms with Gasteiger partial charge in [-0.2, -0.15) is 0 Å². The van der Waals surface area contributed by atoms with Crippen LogP contribution in [-0.4, -0.2) is 36.4 Å². The van der Waals surface area contributed by atoms with E-state index in [2.05, 4.69) is 27.7 Å². The molecule has 6 aliphatic rings. The topological polar surface area (TPSA) is 61.8 Å². The summed E-state index contributed by atoms with van der Waals surface area (Å²) in [6.45, 7) is 12.2. The highest BCUT2D eigenvalue weighted by molar-refractivity contribution is 5.87. The maximum absolute atomic E-state index is 14.2. The van der Waals surface area contributed by atoms with Crippen LogP contribution in [-0.2, 0) is 23.8 Å². The third kappa shape index (κ3) is 3.53. The minimum absolute atomic E-state index is 0.0378. The van der Waals surface area contributed by atoms with Crippen molar-refractivity contribution in [1.29, 1.82) is 0 Å². The molecule has 0 unspecified atom stereocenters. The summed E-state index contributed by atoms with van der Waals surface area (Å²) < 4.78 is 19.1. The molecular formula is C31H48O5. The van der Waals surface area contributed by atoms with Crippen LogP contribution >= 0.6 is 0 Å². The van der Waals surface area contributed by atoms with Crippen molar-refractivity contribution in [2.24, 2.45) is 52.3 Å². The SMILES string of the molecule is CCCC(=O)O[C@H]1CC[C@@]2(C)[C@@H](CC[C@@H]3[C@@H]2CC(=O)[C@]2(C)[C@@H]4[C@@H](C[C@@H]32)O[C@]2(CC[C@H](C)CO2)[C@H]4C)C1. The van der Waals surface area contributed by atoms with E-state index in [-0.39, 0.29) is 40.8 Å². The smallest absolute Gasteiger partial charge is 0.306 e. The summed E-state index contributed by atoms with van der Waals surface area (Å²) in [7, 11) is 0. The first-order chi connectivity index (χ1) is 17.1. The molecule has 5 heteroatoms. The van der Waals surface area contributed by atoms with E-state index in [0.717, 1.165) is 58.0 Å². The highest BCUT2D eigenvalue weighted by Gasteiger charge is 2.71. The molecule has 0 aromatic carbocycles. The molecule has 4 aliphatic carbocycles. The number of esters is 1. The first-order valence-corrected chi connectivity index (χ1v) is 15.2. The summed E-state index contributed by atoms with van der Waals surface area (Å²) in [5, 5.41) is 0. The van der Waals surface area contributed by atoms with Crippen LogP contribution < -0.4 is 0 Å². The Hall–Kier alpha value is -0.940. The molecule has 12 atom stereocenters. The molecule has 6 fully saturated rings. The maximum Gasteiger partial charge on any atom is 0.306 e. The highest BCUT2D eigenvalue weighted by Crippen LogP contribution is 2.70. The summed E-state index contributed by atoms with van der Waals surface area (Å²) in [4.78, 5) is 26.3. The van der Waals surface area contributed by atoms with Crippen molar-refractivity contribution < 1.29 is 23.8 Å². The fourth-order valence-corrected chi connectivity index (χ4v) is 10.5. The molecule has 1 spiro atoms. The number of hydrogen-bond donors (Lipinski definition) is 0. The number of rotatable bonds is 3. The predicted octanol–water partition coefficient (Wildman–Crippen LogP) is 6.32. The zero-order chi connectivity index (χ0) is 25.5. The number of Topliss-reactive ketones (excluding diaryl/α,β-unsaturated/α-hetero) is 1. The average molecular weight is 501 g/mol. The van der Waals surface area contributed by atoms with Crippen molar-refractivity contribution in [3.63, 3.8) is 0 Å². The Labute approximate surface area is 217 Å². The Morgan fingerprint density at radius 1 is 1.06 bits per heavy atom. The molecule has 4 saturated carbocycles. The van der Waals surface area contributed by atoms with Crippen LogP contribution in [0.3, 0.4) is 0 Å². The van der Waals surface area contributed by atoms with Crippen LogP contribution in [0.4, 0.5) is 0 Å². The van der Waals surface area contributed by atoms with Gasteiger partial charge < -0.3 is 14.2 Å². The van der Waals surface area contributed by atoms with Crippen molar-refractivity contribution in [1.82, 2.24) is 0 Å². The van der Waals surface area contributed by atoms with Gasteiger partial charge in [-0.1, -0.05) is 34.6 Å². The molecule has 0 N–H and O–H groups in total. The van der Waals surface area contributed by atoms with E-state index in [9.17, 15) is 9.59 Å². The van der Waals surface area contributed by atoms with Gasteiger partial charge in [-0.3, -0.25) is 9.59 Å². The molecular weight excluding hydrogens is 452 g/mol. The Morgan fingerprint density at radius 3 is 2.58 bits per heavy atom. The molecule has 202 valence electrons. The summed E-state index contributed by atoms with van der Waals surface area (Å²) in [5.74, 6) is 3.19. The highest BCUT2D eigenvalue weighted by atomic mass is 16.7. The van der Waals surface area contributed by atoms with E-state index in [0.29, 0.717) is 41.8 Å². The first-order valence-electron chi connectivity index (χ1n) is 15.2. The van der Waals surface area contributed by atoms with Gasteiger partial charge in [-0.25, -0.2) is 0 Å². The number of fused-ring (bicyclic) bond motifs is 7. The van der Waals surface area contributed by atoms with Gasteiger partial charge >= 0.3 is 5.97 Å². The molecule has 0 aromatic rings. The third-order valence-corrected chi connectivity index (χ3v) is 12.5. The van der Waals surface area contributed by atoms with Gasteiger partial charge in [-0.05, 0) is 86.4 Å². The van der Waals surface area contributed by atoms with Gasteiger partial charge in [0.05, 0.1) is 12.7 Å². The fraction of sp³-hybridized carbons (Fsp3) is 0.935. The molecule has 6 rings (SSSR count). The minimum Gasteiger partial charge on any atom is -0.462 e. The second kappa shape index (κ2) is 8.79.